The monoisotopic (exact) mass is 279 g/mol. The van der Waals surface area contributed by atoms with E-state index >= 15 is 0 Å². The third-order valence-corrected chi connectivity index (χ3v) is 3.86. The third kappa shape index (κ3) is 2.84. The maximum atomic E-state index is 11.8. The highest BCUT2D eigenvalue weighted by Gasteiger charge is 2.19. The maximum absolute atomic E-state index is 11.8. The first-order valence-electron chi connectivity index (χ1n) is 6.29. The van der Waals surface area contributed by atoms with Gasteiger partial charge in [0.05, 0.1) is 13.2 Å². The zero-order valence-electron chi connectivity index (χ0n) is 11.3. The van der Waals surface area contributed by atoms with E-state index < -0.39 is 5.97 Å². The number of hydrogen-bond acceptors (Lipinski definition) is 5. The number of ether oxygens (including phenoxy) is 1. The number of hydrogen-bond donors (Lipinski definition) is 0. The average Bonchev–Trinajstić information content (AvgIpc) is 2.98. The van der Waals surface area contributed by atoms with Gasteiger partial charge in [0, 0.05) is 4.88 Å². The summed E-state index contributed by atoms with van der Waals surface area (Å²) in [5.74, 6) is 0.575. The molecule has 5 nitrogen and oxygen atoms in total. The number of aryl methyl sites for hydroxylation is 2. The standard InChI is InChI=1S/C13H17N3O2S/c1-4-10-6-7-19-11(10)8-16-9(3)14-15-12(16)13(17)18-5-2/h6-7H,4-5,8H2,1-3H3. The lowest BCUT2D eigenvalue weighted by Gasteiger charge is -2.08. The fourth-order valence-electron chi connectivity index (χ4n) is 1.88. The molecule has 0 bridgehead atoms. The van der Waals surface area contributed by atoms with E-state index in [0.717, 1.165) is 12.2 Å². The van der Waals surface area contributed by atoms with Crippen LogP contribution in [0.1, 0.15) is 40.7 Å². The molecule has 2 aromatic heterocycles. The van der Waals surface area contributed by atoms with Crippen LogP contribution in [0.5, 0.6) is 0 Å². The van der Waals surface area contributed by atoms with Gasteiger partial charge < -0.3 is 9.30 Å². The van der Waals surface area contributed by atoms with Crippen LogP contribution in [0.2, 0.25) is 0 Å². The van der Waals surface area contributed by atoms with Crippen molar-refractivity contribution >= 4 is 17.3 Å². The average molecular weight is 279 g/mol. The minimum atomic E-state index is -0.419. The third-order valence-electron chi connectivity index (χ3n) is 2.91. The Kier molecular flexibility index (Phi) is 4.31. The topological polar surface area (TPSA) is 57.0 Å². The molecule has 0 amide bonds. The summed E-state index contributed by atoms with van der Waals surface area (Å²) in [6, 6.07) is 2.11. The molecule has 0 aromatic carbocycles. The van der Waals surface area contributed by atoms with E-state index in [0.29, 0.717) is 13.2 Å². The van der Waals surface area contributed by atoms with Crippen LogP contribution in [0.25, 0.3) is 0 Å². The van der Waals surface area contributed by atoms with E-state index in [-0.39, 0.29) is 5.82 Å². The molecule has 0 atom stereocenters. The Morgan fingerprint density at radius 3 is 2.89 bits per heavy atom. The molecular weight excluding hydrogens is 262 g/mol. The zero-order chi connectivity index (χ0) is 13.8. The Labute approximate surface area is 116 Å². The Morgan fingerprint density at radius 1 is 1.42 bits per heavy atom. The zero-order valence-corrected chi connectivity index (χ0v) is 12.2. The molecule has 102 valence electrons. The molecule has 0 N–H and O–H groups in total. The molecule has 0 radical (unpaired) electrons. The van der Waals surface area contributed by atoms with E-state index in [9.17, 15) is 4.79 Å². The van der Waals surface area contributed by atoms with Crippen molar-refractivity contribution in [3.8, 4) is 0 Å². The lowest BCUT2D eigenvalue weighted by Crippen LogP contribution is -2.15. The van der Waals surface area contributed by atoms with E-state index in [4.69, 9.17) is 4.74 Å². The van der Waals surface area contributed by atoms with E-state index in [2.05, 4.69) is 28.6 Å². The van der Waals surface area contributed by atoms with Gasteiger partial charge in [0.2, 0.25) is 5.82 Å². The fourth-order valence-corrected chi connectivity index (χ4v) is 2.85. The van der Waals surface area contributed by atoms with Crippen LogP contribution >= 0.6 is 11.3 Å². The summed E-state index contributed by atoms with van der Waals surface area (Å²) in [6.07, 6.45) is 0.981. The minimum absolute atomic E-state index is 0.273. The van der Waals surface area contributed by atoms with Crippen LogP contribution in [0, 0.1) is 6.92 Å². The highest BCUT2D eigenvalue weighted by molar-refractivity contribution is 7.10. The van der Waals surface area contributed by atoms with Crippen LogP contribution in [-0.4, -0.2) is 27.3 Å². The maximum Gasteiger partial charge on any atom is 0.376 e. The second-order valence-corrected chi connectivity index (χ2v) is 5.10. The molecule has 2 heterocycles. The Balaban J connectivity index is 2.29. The molecule has 0 saturated heterocycles. The normalized spacial score (nSPS) is 10.7. The summed E-state index contributed by atoms with van der Waals surface area (Å²) in [5, 5.41) is 9.95. The van der Waals surface area contributed by atoms with E-state index in [1.54, 1.807) is 18.3 Å². The van der Waals surface area contributed by atoms with Gasteiger partial charge in [0.25, 0.3) is 0 Å². The van der Waals surface area contributed by atoms with Gasteiger partial charge in [0.1, 0.15) is 5.82 Å². The number of rotatable bonds is 5. The number of carbonyl (C=O) groups excluding carboxylic acids is 1. The molecule has 0 aliphatic heterocycles. The van der Waals surface area contributed by atoms with Gasteiger partial charge in [-0.15, -0.1) is 21.5 Å². The predicted molar refractivity (Wildman–Crippen MR) is 73.5 cm³/mol. The van der Waals surface area contributed by atoms with Crippen molar-refractivity contribution in [2.75, 3.05) is 6.61 Å². The molecule has 0 unspecified atom stereocenters. The second kappa shape index (κ2) is 5.97. The first-order chi connectivity index (χ1) is 9.17. The van der Waals surface area contributed by atoms with Gasteiger partial charge >= 0.3 is 5.97 Å². The van der Waals surface area contributed by atoms with Crippen LogP contribution in [0.3, 0.4) is 0 Å². The van der Waals surface area contributed by atoms with Gasteiger partial charge in [-0.1, -0.05) is 6.92 Å². The molecular formula is C13H17N3O2S. The van der Waals surface area contributed by atoms with Crippen molar-refractivity contribution < 1.29 is 9.53 Å². The van der Waals surface area contributed by atoms with Gasteiger partial charge in [-0.25, -0.2) is 4.79 Å². The Morgan fingerprint density at radius 2 is 2.21 bits per heavy atom. The summed E-state index contributed by atoms with van der Waals surface area (Å²) < 4.78 is 6.81. The lowest BCUT2D eigenvalue weighted by atomic mass is 10.2. The number of aromatic nitrogens is 3. The summed E-state index contributed by atoms with van der Waals surface area (Å²) in [7, 11) is 0. The number of carbonyl (C=O) groups is 1. The van der Waals surface area contributed by atoms with E-state index in [1.165, 1.54) is 10.4 Å². The molecule has 0 fully saturated rings. The van der Waals surface area contributed by atoms with Crippen molar-refractivity contribution in [3.63, 3.8) is 0 Å². The highest BCUT2D eigenvalue weighted by Crippen LogP contribution is 2.20. The lowest BCUT2D eigenvalue weighted by molar-refractivity contribution is 0.0506. The first kappa shape index (κ1) is 13.7. The fraction of sp³-hybridized carbons (Fsp3) is 0.462. The highest BCUT2D eigenvalue weighted by atomic mass is 32.1. The van der Waals surface area contributed by atoms with Gasteiger partial charge in [-0.05, 0) is 37.3 Å². The molecule has 6 heteroatoms. The SMILES string of the molecule is CCOC(=O)c1nnc(C)n1Cc1sccc1CC. The number of thiophene rings is 1. The van der Waals surface area contributed by atoms with Crippen LogP contribution in [0.4, 0.5) is 0 Å². The summed E-state index contributed by atoms with van der Waals surface area (Å²) >= 11 is 1.69. The van der Waals surface area contributed by atoms with Crippen molar-refractivity contribution in [1.29, 1.82) is 0 Å². The van der Waals surface area contributed by atoms with Crippen molar-refractivity contribution in [3.05, 3.63) is 33.5 Å². The van der Waals surface area contributed by atoms with E-state index in [1.807, 2.05) is 11.5 Å². The van der Waals surface area contributed by atoms with Crippen LogP contribution < -0.4 is 0 Å². The Hall–Kier alpha value is -1.69. The predicted octanol–water partition coefficient (Wildman–Crippen LogP) is 2.44. The first-order valence-corrected chi connectivity index (χ1v) is 7.17. The molecule has 19 heavy (non-hydrogen) atoms. The molecule has 0 spiro atoms. The summed E-state index contributed by atoms with van der Waals surface area (Å²) in [6.45, 7) is 6.70. The van der Waals surface area contributed by atoms with Crippen molar-refractivity contribution in [2.24, 2.45) is 0 Å². The molecule has 0 saturated carbocycles. The summed E-state index contributed by atoms with van der Waals surface area (Å²) in [5.41, 5.74) is 1.30. The van der Waals surface area contributed by atoms with Crippen molar-refractivity contribution in [1.82, 2.24) is 14.8 Å². The molecule has 0 aliphatic rings. The van der Waals surface area contributed by atoms with Crippen LogP contribution in [0.15, 0.2) is 11.4 Å². The minimum Gasteiger partial charge on any atom is -0.460 e. The quantitative estimate of drug-likeness (QED) is 0.789. The number of nitrogens with zero attached hydrogens (tertiary/aromatic N) is 3. The van der Waals surface area contributed by atoms with Gasteiger partial charge in [0.15, 0.2) is 0 Å². The second-order valence-electron chi connectivity index (χ2n) is 4.10. The number of esters is 1. The van der Waals surface area contributed by atoms with Crippen molar-refractivity contribution in [2.45, 2.75) is 33.7 Å². The van der Waals surface area contributed by atoms with Gasteiger partial charge in [-0.2, -0.15) is 0 Å². The largest absolute Gasteiger partial charge is 0.460 e. The molecule has 0 aliphatic carbocycles. The summed E-state index contributed by atoms with van der Waals surface area (Å²) in [4.78, 5) is 13.1. The van der Waals surface area contributed by atoms with Gasteiger partial charge in [-0.3, -0.25) is 0 Å². The molecule has 2 rings (SSSR count). The Bertz CT molecular complexity index is 574. The molecule has 2 aromatic rings. The van der Waals surface area contributed by atoms with Crippen LogP contribution in [-0.2, 0) is 17.7 Å². The smallest absolute Gasteiger partial charge is 0.376 e.